The fourth-order valence-corrected chi connectivity index (χ4v) is 2.76. The van der Waals surface area contributed by atoms with Gasteiger partial charge in [0.05, 0.1) is 13.2 Å². The average Bonchev–Trinajstić information content (AvgIpc) is 3.20. The number of morpholine rings is 1. The van der Waals surface area contributed by atoms with E-state index in [1.54, 1.807) is 24.4 Å². The summed E-state index contributed by atoms with van der Waals surface area (Å²) in [4.78, 5) is 15.3. The van der Waals surface area contributed by atoms with Gasteiger partial charge in [-0.1, -0.05) is 6.92 Å². The first-order valence-electron chi connectivity index (χ1n) is 8.75. The summed E-state index contributed by atoms with van der Waals surface area (Å²) in [6.07, 6.45) is 2.17. The van der Waals surface area contributed by atoms with Gasteiger partial charge in [0.25, 0.3) is 0 Å². The van der Waals surface area contributed by atoms with E-state index in [0.29, 0.717) is 43.1 Å². The Morgan fingerprint density at radius 2 is 2.11 bits per heavy atom. The second-order valence-electron chi connectivity index (χ2n) is 6.05. The van der Waals surface area contributed by atoms with Crippen LogP contribution in [0.25, 0.3) is 0 Å². The first-order chi connectivity index (χ1) is 13.2. The molecule has 1 aliphatic heterocycles. The van der Waals surface area contributed by atoms with Gasteiger partial charge in [-0.15, -0.1) is 0 Å². The Labute approximate surface area is 155 Å². The molecular formula is C18H19FN6O2. The molecule has 0 amide bonds. The quantitative estimate of drug-likeness (QED) is 0.738. The van der Waals surface area contributed by atoms with E-state index < -0.39 is 0 Å². The highest BCUT2D eigenvalue weighted by Crippen LogP contribution is 2.25. The van der Waals surface area contributed by atoms with Crippen molar-refractivity contribution in [3.8, 4) is 11.6 Å². The molecule has 1 unspecified atom stereocenters. The van der Waals surface area contributed by atoms with Crippen molar-refractivity contribution in [2.45, 2.75) is 19.4 Å². The van der Waals surface area contributed by atoms with E-state index in [1.807, 2.05) is 11.8 Å². The Bertz CT molecular complexity index is 901. The minimum absolute atomic E-state index is 0.249. The topological polar surface area (TPSA) is 89.1 Å². The van der Waals surface area contributed by atoms with Crippen LogP contribution in [0.5, 0.6) is 11.6 Å². The standard InChI is InChI=1S/C18H19FN6O2/c1-2-15-21-17(24-23-15)14-11-25(9-10-26-14)18-20-8-7-16(22-18)27-13-5-3-12(19)4-6-13/h3-8,14H,2,9-11H2,1H3,(H,21,23,24). The van der Waals surface area contributed by atoms with E-state index in [1.165, 1.54) is 12.1 Å². The average molecular weight is 370 g/mol. The van der Waals surface area contributed by atoms with Crippen molar-refractivity contribution in [3.63, 3.8) is 0 Å². The van der Waals surface area contributed by atoms with Gasteiger partial charge >= 0.3 is 0 Å². The summed E-state index contributed by atoms with van der Waals surface area (Å²) in [6, 6.07) is 7.44. The summed E-state index contributed by atoms with van der Waals surface area (Å²) in [5, 5.41) is 7.15. The second-order valence-corrected chi connectivity index (χ2v) is 6.05. The largest absolute Gasteiger partial charge is 0.439 e. The van der Waals surface area contributed by atoms with Crippen LogP contribution in [0.15, 0.2) is 36.5 Å². The number of aromatic amines is 1. The van der Waals surface area contributed by atoms with Crippen molar-refractivity contribution in [1.82, 2.24) is 25.1 Å². The molecule has 0 spiro atoms. The predicted octanol–water partition coefficient (Wildman–Crippen LogP) is 2.67. The van der Waals surface area contributed by atoms with E-state index >= 15 is 0 Å². The molecule has 1 saturated heterocycles. The van der Waals surface area contributed by atoms with Crippen LogP contribution >= 0.6 is 0 Å². The maximum atomic E-state index is 13.0. The molecule has 1 aliphatic rings. The number of H-pyrrole nitrogens is 1. The normalized spacial score (nSPS) is 17.1. The third kappa shape index (κ3) is 4.03. The Morgan fingerprint density at radius 3 is 2.89 bits per heavy atom. The Hall–Kier alpha value is -3.07. The van der Waals surface area contributed by atoms with Crippen LogP contribution in [0.3, 0.4) is 0 Å². The molecule has 4 rings (SSSR count). The molecule has 0 radical (unpaired) electrons. The van der Waals surface area contributed by atoms with E-state index in [0.717, 1.165) is 12.2 Å². The van der Waals surface area contributed by atoms with Crippen molar-refractivity contribution in [2.75, 3.05) is 24.6 Å². The van der Waals surface area contributed by atoms with Gasteiger partial charge in [0.15, 0.2) is 5.82 Å². The highest BCUT2D eigenvalue weighted by molar-refractivity contribution is 5.35. The van der Waals surface area contributed by atoms with Gasteiger partial charge < -0.3 is 14.4 Å². The lowest BCUT2D eigenvalue weighted by molar-refractivity contribution is 0.0336. The molecule has 3 aromatic rings. The van der Waals surface area contributed by atoms with Crippen LogP contribution in [0, 0.1) is 5.82 Å². The number of hydrogen-bond donors (Lipinski definition) is 1. The number of nitrogens with one attached hydrogen (secondary N) is 1. The zero-order valence-electron chi connectivity index (χ0n) is 14.8. The number of hydrogen-bond acceptors (Lipinski definition) is 7. The van der Waals surface area contributed by atoms with Gasteiger partial charge in [-0.2, -0.15) is 10.1 Å². The third-order valence-electron chi connectivity index (χ3n) is 4.17. The number of aromatic nitrogens is 5. The molecule has 1 atom stereocenters. The highest BCUT2D eigenvalue weighted by Gasteiger charge is 2.27. The van der Waals surface area contributed by atoms with Crippen molar-refractivity contribution in [3.05, 3.63) is 54.0 Å². The number of rotatable bonds is 5. The maximum Gasteiger partial charge on any atom is 0.228 e. The van der Waals surface area contributed by atoms with Gasteiger partial charge in [0.1, 0.15) is 23.5 Å². The van der Waals surface area contributed by atoms with Gasteiger partial charge in [-0.05, 0) is 24.3 Å². The molecule has 2 aromatic heterocycles. The molecule has 9 heteroatoms. The Morgan fingerprint density at radius 1 is 1.26 bits per heavy atom. The van der Waals surface area contributed by atoms with E-state index in [-0.39, 0.29) is 11.9 Å². The van der Waals surface area contributed by atoms with E-state index in [4.69, 9.17) is 9.47 Å². The number of aryl methyl sites for hydroxylation is 1. The van der Waals surface area contributed by atoms with Crippen LogP contribution in [-0.4, -0.2) is 44.8 Å². The molecule has 140 valence electrons. The number of halogens is 1. The van der Waals surface area contributed by atoms with Crippen molar-refractivity contribution < 1.29 is 13.9 Å². The van der Waals surface area contributed by atoms with Crippen LogP contribution in [0.1, 0.15) is 24.7 Å². The zero-order chi connectivity index (χ0) is 18.6. The number of anilines is 1. The van der Waals surface area contributed by atoms with Gasteiger partial charge in [0, 0.05) is 25.2 Å². The third-order valence-corrected chi connectivity index (χ3v) is 4.17. The molecule has 0 saturated carbocycles. The lowest BCUT2D eigenvalue weighted by Crippen LogP contribution is -2.39. The summed E-state index contributed by atoms with van der Waals surface area (Å²) in [6.45, 7) is 3.73. The van der Waals surface area contributed by atoms with Crippen molar-refractivity contribution in [2.24, 2.45) is 0 Å². The highest BCUT2D eigenvalue weighted by atomic mass is 19.1. The minimum Gasteiger partial charge on any atom is -0.439 e. The van der Waals surface area contributed by atoms with Gasteiger partial charge in [0.2, 0.25) is 11.8 Å². The smallest absolute Gasteiger partial charge is 0.228 e. The predicted molar refractivity (Wildman–Crippen MR) is 95.2 cm³/mol. The van der Waals surface area contributed by atoms with Crippen molar-refractivity contribution >= 4 is 5.95 Å². The SMILES string of the molecule is CCc1nc(C2CN(c3nccc(Oc4ccc(F)cc4)n3)CCO2)n[nH]1. The molecular weight excluding hydrogens is 351 g/mol. The molecule has 0 aliphatic carbocycles. The Balaban J connectivity index is 1.48. The molecule has 27 heavy (non-hydrogen) atoms. The van der Waals surface area contributed by atoms with E-state index in [2.05, 4.69) is 25.1 Å². The molecule has 0 bridgehead atoms. The first-order valence-corrected chi connectivity index (χ1v) is 8.75. The summed E-state index contributed by atoms with van der Waals surface area (Å²) < 4.78 is 24.5. The fraction of sp³-hybridized carbons (Fsp3) is 0.333. The van der Waals surface area contributed by atoms with Crippen LogP contribution in [0.2, 0.25) is 0 Å². The molecule has 1 aromatic carbocycles. The Kier molecular flexibility index (Phi) is 4.93. The lowest BCUT2D eigenvalue weighted by Gasteiger charge is -2.31. The molecule has 1 fully saturated rings. The summed E-state index contributed by atoms with van der Waals surface area (Å²) in [5.74, 6) is 2.58. The first kappa shape index (κ1) is 17.3. The molecule has 1 N–H and O–H groups in total. The van der Waals surface area contributed by atoms with Crippen LogP contribution in [0.4, 0.5) is 10.3 Å². The molecule has 3 heterocycles. The lowest BCUT2D eigenvalue weighted by atomic mass is 10.2. The van der Waals surface area contributed by atoms with Crippen molar-refractivity contribution in [1.29, 1.82) is 0 Å². The second kappa shape index (κ2) is 7.67. The van der Waals surface area contributed by atoms with Gasteiger partial charge in [-0.25, -0.2) is 14.4 Å². The number of nitrogens with zero attached hydrogens (tertiary/aromatic N) is 5. The monoisotopic (exact) mass is 370 g/mol. The summed E-state index contributed by atoms with van der Waals surface area (Å²) in [7, 11) is 0. The summed E-state index contributed by atoms with van der Waals surface area (Å²) in [5.41, 5.74) is 0. The fourth-order valence-electron chi connectivity index (χ4n) is 2.76. The van der Waals surface area contributed by atoms with Gasteiger partial charge in [-0.3, -0.25) is 5.10 Å². The number of ether oxygens (including phenoxy) is 2. The summed E-state index contributed by atoms with van der Waals surface area (Å²) >= 11 is 0. The van der Waals surface area contributed by atoms with Crippen LogP contribution in [-0.2, 0) is 11.2 Å². The van der Waals surface area contributed by atoms with E-state index in [9.17, 15) is 4.39 Å². The van der Waals surface area contributed by atoms with Crippen LogP contribution < -0.4 is 9.64 Å². The number of benzene rings is 1. The zero-order valence-corrected chi connectivity index (χ0v) is 14.8. The minimum atomic E-state index is -0.316. The molecule has 8 nitrogen and oxygen atoms in total. The maximum absolute atomic E-state index is 13.0.